The van der Waals surface area contributed by atoms with Crippen molar-refractivity contribution in [3.63, 3.8) is 0 Å². The molecule has 29 heavy (non-hydrogen) atoms. The van der Waals surface area contributed by atoms with Gasteiger partial charge in [-0.1, -0.05) is 26.0 Å². The molecule has 1 atom stereocenters. The standard InChI is InChI=1S/C21H33FN6.HI/c1-7-23-20(24-13-19(27(4)5)16-12-26-28(6)14-16)25-15-21(2,3)17-9-8-10-18(22)11-17;/h8-12,14,19H,7,13,15H2,1-6H3,(H2,23,24,25);1H. The number of aliphatic imine (C=N–C) groups is 1. The van der Waals surface area contributed by atoms with Crippen molar-refractivity contribution in [2.24, 2.45) is 12.0 Å². The van der Waals surface area contributed by atoms with Gasteiger partial charge in [-0.15, -0.1) is 24.0 Å². The minimum absolute atomic E-state index is 0. The minimum atomic E-state index is -0.269. The van der Waals surface area contributed by atoms with Crippen molar-refractivity contribution >= 4 is 29.9 Å². The second kappa shape index (κ2) is 11.5. The van der Waals surface area contributed by atoms with Crippen molar-refractivity contribution in [1.29, 1.82) is 0 Å². The van der Waals surface area contributed by atoms with Gasteiger partial charge < -0.3 is 15.5 Å². The first kappa shape index (κ1) is 25.4. The molecule has 0 radical (unpaired) electrons. The predicted molar refractivity (Wildman–Crippen MR) is 128 cm³/mol. The van der Waals surface area contributed by atoms with E-state index in [0.29, 0.717) is 13.1 Å². The molecule has 0 aliphatic heterocycles. The van der Waals surface area contributed by atoms with Crippen LogP contribution in [-0.4, -0.2) is 54.4 Å². The summed E-state index contributed by atoms with van der Waals surface area (Å²) in [5.74, 6) is 0.535. The molecule has 0 saturated heterocycles. The Labute approximate surface area is 191 Å². The highest BCUT2D eigenvalue weighted by atomic mass is 127. The summed E-state index contributed by atoms with van der Waals surface area (Å²) in [6.45, 7) is 8.21. The van der Waals surface area contributed by atoms with E-state index in [1.165, 1.54) is 6.07 Å². The maximum Gasteiger partial charge on any atom is 0.191 e. The van der Waals surface area contributed by atoms with Crippen molar-refractivity contribution in [2.75, 3.05) is 33.7 Å². The summed E-state index contributed by atoms with van der Waals surface area (Å²) in [7, 11) is 6.02. The fourth-order valence-corrected chi connectivity index (χ4v) is 3.02. The Morgan fingerprint density at radius 3 is 2.59 bits per heavy atom. The molecule has 1 aromatic carbocycles. The van der Waals surface area contributed by atoms with Gasteiger partial charge >= 0.3 is 0 Å². The number of rotatable bonds is 8. The summed E-state index contributed by atoms with van der Waals surface area (Å²) < 4.78 is 15.4. The normalized spacial score (nSPS) is 13.2. The molecule has 0 spiro atoms. The number of hydrogen-bond acceptors (Lipinski definition) is 3. The number of aromatic nitrogens is 2. The van der Waals surface area contributed by atoms with E-state index in [0.717, 1.165) is 23.6 Å². The summed E-state index contributed by atoms with van der Waals surface area (Å²) in [5.41, 5.74) is 1.82. The highest BCUT2D eigenvalue weighted by Crippen LogP contribution is 2.24. The highest BCUT2D eigenvalue weighted by molar-refractivity contribution is 14.0. The molecule has 6 nitrogen and oxygen atoms in total. The molecule has 1 unspecified atom stereocenters. The maximum absolute atomic E-state index is 13.6. The van der Waals surface area contributed by atoms with Gasteiger partial charge in [-0.05, 0) is 38.7 Å². The number of nitrogens with one attached hydrogen (secondary N) is 2. The van der Waals surface area contributed by atoms with Gasteiger partial charge in [-0.2, -0.15) is 5.10 Å². The maximum atomic E-state index is 13.6. The highest BCUT2D eigenvalue weighted by Gasteiger charge is 2.21. The van der Waals surface area contributed by atoms with Gasteiger partial charge in [0, 0.05) is 37.3 Å². The van der Waals surface area contributed by atoms with E-state index in [2.05, 4.69) is 48.6 Å². The van der Waals surface area contributed by atoms with Gasteiger partial charge in [-0.3, -0.25) is 9.67 Å². The van der Waals surface area contributed by atoms with Gasteiger partial charge in [0.25, 0.3) is 0 Å². The van der Waals surface area contributed by atoms with E-state index in [-0.39, 0.29) is 41.3 Å². The molecule has 2 rings (SSSR count). The molecule has 1 heterocycles. The molecule has 8 heteroatoms. The van der Waals surface area contributed by atoms with Gasteiger partial charge in [0.15, 0.2) is 5.96 Å². The Balaban J connectivity index is 0.00000420. The first-order valence-corrected chi connectivity index (χ1v) is 9.66. The lowest BCUT2D eigenvalue weighted by Crippen LogP contribution is -2.42. The van der Waals surface area contributed by atoms with Gasteiger partial charge in [0.1, 0.15) is 5.82 Å². The Hall–Kier alpha value is -1.68. The third-order valence-electron chi connectivity index (χ3n) is 4.78. The zero-order chi connectivity index (χ0) is 20.7. The molecule has 2 N–H and O–H groups in total. The molecule has 1 aromatic heterocycles. The van der Waals surface area contributed by atoms with Crippen LogP contribution >= 0.6 is 24.0 Å². The van der Waals surface area contributed by atoms with Gasteiger partial charge in [-0.25, -0.2) is 4.39 Å². The van der Waals surface area contributed by atoms with Crippen LogP contribution in [0.4, 0.5) is 4.39 Å². The van der Waals surface area contributed by atoms with Crippen LogP contribution in [0.15, 0.2) is 41.7 Å². The molecular formula is C21H34FIN6. The first-order valence-electron chi connectivity index (χ1n) is 9.66. The molecule has 2 aromatic rings. The van der Waals surface area contributed by atoms with E-state index in [4.69, 9.17) is 4.99 Å². The molecule has 0 aliphatic carbocycles. The van der Waals surface area contributed by atoms with Crippen LogP contribution < -0.4 is 10.6 Å². The Morgan fingerprint density at radius 2 is 2.03 bits per heavy atom. The number of nitrogens with zero attached hydrogens (tertiary/aromatic N) is 4. The van der Waals surface area contributed by atoms with Crippen LogP contribution in [-0.2, 0) is 12.5 Å². The van der Waals surface area contributed by atoms with Crippen LogP contribution in [0.1, 0.15) is 37.9 Å². The van der Waals surface area contributed by atoms with Crippen molar-refractivity contribution < 1.29 is 4.39 Å². The Bertz CT molecular complexity index is 787. The summed E-state index contributed by atoms with van der Waals surface area (Å²) in [6.07, 6.45) is 3.92. The van der Waals surface area contributed by atoms with Gasteiger partial charge in [0.2, 0.25) is 0 Å². The molecule has 0 amide bonds. The fraction of sp³-hybridized carbons (Fsp3) is 0.524. The Kier molecular flexibility index (Phi) is 10.0. The van der Waals surface area contributed by atoms with Crippen LogP contribution in [0.2, 0.25) is 0 Å². The monoisotopic (exact) mass is 516 g/mol. The van der Waals surface area contributed by atoms with E-state index < -0.39 is 0 Å². The zero-order valence-corrected chi connectivity index (χ0v) is 20.6. The minimum Gasteiger partial charge on any atom is -0.357 e. The first-order chi connectivity index (χ1) is 13.2. The van der Waals surface area contributed by atoms with Crippen LogP contribution in [0.5, 0.6) is 0 Å². The third kappa shape index (κ3) is 7.58. The molecule has 0 saturated carbocycles. The third-order valence-corrected chi connectivity index (χ3v) is 4.78. The predicted octanol–water partition coefficient (Wildman–Crippen LogP) is 3.31. The number of benzene rings is 1. The summed E-state index contributed by atoms with van der Waals surface area (Å²) >= 11 is 0. The van der Waals surface area contributed by atoms with Crippen LogP contribution in [0.3, 0.4) is 0 Å². The molecule has 0 fully saturated rings. The number of likely N-dealkylation sites (N-methyl/N-ethyl adjacent to an activating group) is 1. The van der Waals surface area contributed by atoms with Crippen LogP contribution in [0, 0.1) is 5.82 Å². The zero-order valence-electron chi connectivity index (χ0n) is 18.2. The second-order valence-corrected chi connectivity index (χ2v) is 7.90. The lowest BCUT2D eigenvalue weighted by atomic mass is 9.85. The topological polar surface area (TPSA) is 57.5 Å². The summed E-state index contributed by atoms with van der Waals surface area (Å²) in [6, 6.07) is 6.92. The molecule has 0 aliphatic rings. The average molecular weight is 516 g/mol. The van der Waals surface area contributed by atoms with Crippen molar-refractivity contribution in [1.82, 2.24) is 25.3 Å². The number of guanidine groups is 1. The molecular weight excluding hydrogens is 482 g/mol. The fourth-order valence-electron chi connectivity index (χ4n) is 3.02. The summed E-state index contributed by atoms with van der Waals surface area (Å²) in [4.78, 5) is 6.91. The lowest BCUT2D eigenvalue weighted by molar-refractivity contribution is 0.298. The van der Waals surface area contributed by atoms with E-state index in [1.54, 1.807) is 12.1 Å². The van der Waals surface area contributed by atoms with E-state index in [1.807, 2.05) is 37.1 Å². The summed E-state index contributed by atoms with van der Waals surface area (Å²) in [5, 5.41) is 11.0. The molecule has 0 bridgehead atoms. The second-order valence-electron chi connectivity index (χ2n) is 7.90. The SMILES string of the molecule is CCNC(=NCC(C)(C)c1cccc(F)c1)NCC(c1cnn(C)c1)N(C)C.I. The quantitative estimate of drug-likeness (QED) is 0.321. The number of hydrogen-bond donors (Lipinski definition) is 2. The van der Waals surface area contributed by atoms with Gasteiger partial charge in [0.05, 0.1) is 18.8 Å². The van der Waals surface area contributed by atoms with Crippen molar-refractivity contribution in [2.45, 2.75) is 32.2 Å². The van der Waals surface area contributed by atoms with Crippen molar-refractivity contribution in [3.8, 4) is 0 Å². The Morgan fingerprint density at radius 1 is 1.31 bits per heavy atom. The average Bonchev–Trinajstić information content (AvgIpc) is 3.05. The number of halogens is 2. The van der Waals surface area contributed by atoms with Crippen LogP contribution in [0.25, 0.3) is 0 Å². The number of aryl methyl sites for hydroxylation is 1. The van der Waals surface area contributed by atoms with E-state index in [9.17, 15) is 4.39 Å². The lowest BCUT2D eigenvalue weighted by Gasteiger charge is -2.26. The van der Waals surface area contributed by atoms with Crippen molar-refractivity contribution in [3.05, 3.63) is 53.6 Å². The van der Waals surface area contributed by atoms with E-state index >= 15 is 0 Å². The largest absolute Gasteiger partial charge is 0.357 e. The smallest absolute Gasteiger partial charge is 0.191 e. The molecule has 162 valence electrons.